The Kier molecular flexibility index (Phi) is 9.11. The molecule has 46 heavy (non-hydrogen) atoms. The molecule has 4 aromatic rings. The van der Waals surface area contributed by atoms with Crippen LogP contribution in [0.4, 0.5) is 11.4 Å². The molecule has 3 aliphatic rings. The summed E-state index contributed by atoms with van der Waals surface area (Å²) in [7, 11) is 0. The Morgan fingerprint density at radius 2 is 1.24 bits per heavy atom. The first-order chi connectivity index (χ1) is 21.5. The van der Waals surface area contributed by atoms with Gasteiger partial charge in [0, 0.05) is 49.5 Å². The maximum atomic E-state index is 7.14. The number of allylic oxidation sites excluding steroid dienone is 2. The van der Waals surface area contributed by atoms with E-state index in [1.54, 1.807) is 0 Å². The van der Waals surface area contributed by atoms with Gasteiger partial charge >= 0.3 is 0 Å². The molecule has 1 saturated heterocycles. The number of aryl methyl sites for hydroxylation is 6. The van der Waals surface area contributed by atoms with Gasteiger partial charge in [-0.25, -0.2) is 0 Å². The monoisotopic (exact) mass is 797 g/mol. The number of hydrogen-bond donors (Lipinski definition) is 1. The number of alkyl halides is 1. The molecule has 7 rings (SSSR count). The third-order valence-electron chi connectivity index (χ3n) is 9.24. The van der Waals surface area contributed by atoms with E-state index in [1.807, 2.05) is 0 Å². The van der Waals surface area contributed by atoms with Crippen molar-refractivity contribution in [3.8, 4) is 11.1 Å². The predicted octanol–water partition coefficient (Wildman–Crippen LogP) is 8.70. The van der Waals surface area contributed by atoms with E-state index in [4.69, 9.17) is 23.2 Å². The average Bonchev–Trinajstić information content (AvgIpc) is 3.56. The smallest absolute Gasteiger partial charge is 0.135 e. The second-order valence-electron chi connectivity index (χ2n) is 12.6. The van der Waals surface area contributed by atoms with Crippen LogP contribution in [-0.4, -0.2) is 17.9 Å². The molecule has 4 aromatic carbocycles. The summed E-state index contributed by atoms with van der Waals surface area (Å²) in [6.45, 7) is 14.9. The molecule has 0 radical (unpaired) electrons. The van der Waals surface area contributed by atoms with Gasteiger partial charge in [-0.15, -0.1) is 0 Å². The molecule has 0 amide bonds. The number of benzene rings is 4. The van der Waals surface area contributed by atoms with Crippen molar-refractivity contribution in [2.24, 2.45) is 0 Å². The second kappa shape index (κ2) is 12.7. The quantitative estimate of drug-likeness (QED) is 0.110. The maximum absolute atomic E-state index is 7.14. The molecule has 1 N–H and O–H groups in total. The molecule has 7 heteroatoms. The van der Waals surface area contributed by atoms with Crippen LogP contribution in [0.15, 0.2) is 88.4 Å². The standard InChI is InChI=1S/C39H36BrCl2N3.Ru/c1-21-16-23(3)36(24(4)17-21)44-14-15-45(37-25(5)18-22(2)19-26(37)6)39(44)35-33(40)32(34(41)38(42)43-35)30-13-9-12-29-28-11-8-7-10-27(28)20-31(29)30;/h7-13,16-20,33,43H,14-15H2,1-6H3;. The van der Waals surface area contributed by atoms with Gasteiger partial charge in [0.25, 0.3) is 0 Å². The molecule has 0 aromatic heterocycles. The Hall–Kier alpha value is -2.82. The minimum Gasteiger partial charge on any atom is -0.344 e. The Balaban J connectivity index is 0.00000372. The van der Waals surface area contributed by atoms with Gasteiger partial charge < -0.3 is 15.1 Å². The molecule has 0 saturated carbocycles. The molecule has 1 aliphatic carbocycles. The van der Waals surface area contributed by atoms with Crippen LogP contribution in [0.2, 0.25) is 0 Å². The van der Waals surface area contributed by atoms with Gasteiger partial charge in [-0.1, -0.05) is 117 Å². The number of fused-ring (bicyclic) bond motifs is 3. The van der Waals surface area contributed by atoms with Crippen LogP contribution in [-0.2, 0) is 19.5 Å². The topological polar surface area (TPSA) is 18.5 Å². The van der Waals surface area contributed by atoms with E-state index >= 15 is 0 Å². The largest absolute Gasteiger partial charge is 0.344 e. The fourth-order valence-corrected chi connectivity index (χ4v) is 9.12. The summed E-state index contributed by atoms with van der Waals surface area (Å²) in [6, 6.07) is 24.1. The zero-order valence-corrected chi connectivity index (χ0v) is 31.6. The van der Waals surface area contributed by atoms with E-state index in [9.17, 15) is 0 Å². The average molecular weight is 799 g/mol. The number of nitrogens with one attached hydrogen (secondary N) is 1. The minimum atomic E-state index is -0.244. The van der Waals surface area contributed by atoms with Gasteiger partial charge in [0.1, 0.15) is 11.0 Å². The van der Waals surface area contributed by atoms with Crippen molar-refractivity contribution in [2.75, 3.05) is 22.9 Å². The Morgan fingerprint density at radius 1 is 0.717 bits per heavy atom. The molecule has 0 bridgehead atoms. The molecule has 0 spiro atoms. The molecule has 1 fully saturated rings. The summed E-state index contributed by atoms with van der Waals surface area (Å²) in [5.74, 6) is 1.08. The van der Waals surface area contributed by atoms with Crippen LogP contribution in [0.1, 0.15) is 38.9 Å². The Labute approximate surface area is 303 Å². The Morgan fingerprint density at radius 3 is 1.80 bits per heavy atom. The normalized spacial score (nSPS) is 18.3. The number of anilines is 2. The third-order valence-corrected chi connectivity index (χ3v) is 10.9. The van der Waals surface area contributed by atoms with Gasteiger partial charge in [0.2, 0.25) is 0 Å². The van der Waals surface area contributed by atoms with Crippen molar-refractivity contribution in [3.63, 3.8) is 0 Å². The molecule has 3 nitrogen and oxygen atoms in total. The minimum absolute atomic E-state index is 0. The van der Waals surface area contributed by atoms with Crippen LogP contribution in [0.5, 0.6) is 0 Å². The number of rotatable bonds is 2. The zero-order valence-electron chi connectivity index (χ0n) is 26.8. The second-order valence-corrected chi connectivity index (χ2v) is 14.2. The number of nitrogens with zero attached hydrogens (tertiary/aromatic N) is 2. The first-order valence-corrected chi connectivity index (χ1v) is 17.1. The van der Waals surface area contributed by atoms with Gasteiger partial charge in [0.05, 0.1) is 15.6 Å². The number of hydrogen-bond acceptors (Lipinski definition) is 3. The zero-order chi connectivity index (χ0) is 31.7. The summed E-state index contributed by atoms with van der Waals surface area (Å²) >= 11 is 18.4. The van der Waals surface area contributed by atoms with Gasteiger partial charge in [0.15, 0.2) is 0 Å². The van der Waals surface area contributed by atoms with E-state index in [2.05, 4.69) is 145 Å². The van der Waals surface area contributed by atoms with Crippen molar-refractivity contribution in [3.05, 3.63) is 138 Å². The van der Waals surface area contributed by atoms with Gasteiger partial charge in [-0.05, 0) is 97.0 Å². The van der Waals surface area contributed by atoms with Crippen molar-refractivity contribution in [2.45, 2.75) is 46.4 Å². The summed E-state index contributed by atoms with van der Waals surface area (Å²) in [6.07, 6.45) is 2.27. The molecule has 1 unspecified atom stereocenters. The summed E-state index contributed by atoms with van der Waals surface area (Å²) in [5, 5.41) is 6.78. The summed E-state index contributed by atoms with van der Waals surface area (Å²) in [4.78, 5) is 4.70. The van der Waals surface area contributed by atoms with Crippen molar-refractivity contribution in [1.29, 1.82) is 0 Å². The van der Waals surface area contributed by atoms with Crippen molar-refractivity contribution < 1.29 is 19.5 Å². The van der Waals surface area contributed by atoms with Crippen molar-refractivity contribution >= 4 is 62.2 Å². The fourth-order valence-electron chi connectivity index (χ4n) is 7.73. The Bertz CT molecular complexity index is 2000. The molecule has 2 aliphatic heterocycles. The molecule has 236 valence electrons. The first-order valence-electron chi connectivity index (χ1n) is 15.4. The van der Waals surface area contributed by atoms with Crippen LogP contribution >= 0.6 is 39.1 Å². The van der Waals surface area contributed by atoms with Crippen LogP contribution < -0.4 is 25.6 Å². The van der Waals surface area contributed by atoms with Crippen LogP contribution in [0, 0.1) is 41.5 Å². The van der Waals surface area contributed by atoms with E-state index in [0.29, 0.717) is 10.2 Å². The van der Waals surface area contributed by atoms with E-state index < -0.39 is 0 Å². The van der Waals surface area contributed by atoms with Crippen molar-refractivity contribution in [1.82, 2.24) is 5.32 Å². The van der Waals surface area contributed by atoms with E-state index in [0.717, 1.165) is 35.4 Å². The first kappa shape index (κ1) is 33.1. The van der Waals surface area contributed by atoms with Crippen LogP contribution in [0.3, 0.4) is 0 Å². The summed E-state index contributed by atoms with van der Waals surface area (Å²) < 4.78 is 0. The van der Waals surface area contributed by atoms with Crippen LogP contribution in [0.25, 0.3) is 22.8 Å². The fraction of sp³-hybridized carbons (Fsp3) is 0.231. The maximum Gasteiger partial charge on any atom is 0.135 e. The molecular weight excluding hydrogens is 762 g/mol. The van der Waals surface area contributed by atoms with Gasteiger partial charge in [-0.2, -0.15) is 0 Å². The number of halogens is 3. The molecule has 1 atom stereocenters. The molecular formula is C39H36BrCl2N3Ru. The molecule has 2 heterocycles. The summed E-state index contributed by atoms with van der Waals surface area (Å²) in [5.41, 5.74) is 15.6. The van der Waals surface area contributed by atoms with E-state index in [-0.39, 0.29) is 24.3 Å². The van der Waals surface area contributed by atoms with Gasteiger partial charge in [-0.3, -0.25) is 0 Å². The third kappa shape index (κ3) is 5.38. The predicted molar refractivity (Wildman–Crippen MR) is 196 cm³/mol. The van der Waals surface area contributed by atoms with E-state index in [1.165, 1.54) is 66.7 Å². The SMILES string of the molecule is Cc1cc(C)c(N2CCN(c3c(C)cc(C)cc3C)C2=C2NC(Cl)=C(Cl)C(=c3cccc4c3=Cc3ccccc3-4)C2Br)c(C)c1.[Ru].